The maximum Gasteiger partial charge on any atom is 0.227 e. The minimum Gasteiger partial charge on any atom is -0.368 e. The van der Waals surface area contributed by atoms with Crippen molar-refractivity contribution in [1.29, 1.82) is 0 Å². The van der Waals surface area contributed by atoms with Gasteiger partial charge in [0.15, 0.2) is 0 Å². The highest BCUT2D eigenvalue weighted by Gasteiger charge is 2.03. The molecule has 0 spiro atoms. The van der Waals surface area contributed by atoms with Gasteiger partial charge in [0.05, 0.1) is 0 Å². The number of benzene rings is 1. The van der Waals surface area contributed by atoms with E-state index >= 15 is 0 Å². The first-order valence-electron chi connectivity index (χ1n) is 6.56. The summed E-state index contributed by atoms with van der Waals surface area (Å²) in [7, 11) is 0. The molecule has 0 unspecified atom stereocenters. The van der Waals surface area contributed by atoms with E-state index in [9.17, 15) is 0 Å². The quantitative estimate of drug-likeness (QED) is 0.828. The monoisotopic (exact) mass is 257 g/mol. The Hall–Kier alpha value is -2.17. The molecule has 1 aromatic heterocycles. The Labute approximate surface area is 113 Å². The standard InChI is InChI=1S/C14H19N5/c1-2-6-12-17-13(15)19-14(18-12)16-10-9-11-7-4-3-5-8-11/h3-5,7-8H,2,6,9-10H2,1H3,(H3,15,16,17,18,19). The topological polar surface area (TPSA) is 76.7 Å². The SMILES string of the molecule is CCCc1nc(N)nc(NCCc2ccccc2)n1. The zero-order valence-electron chi connectivity index (χ0n) is 11.1. The number of nitrogen functional groups attached to an aromatic ring is 1. The molecule has 2 aromatic rings. The van der Waals surface area contributed by atoms with Crippen LogP contribution < -0.4 is 11.1 Å². The molecule has 0 saturated heterocycles. The molecule has 0 saturated carbocycles. The minimum atomic E-state index is 0.278. The average molecular weight is 257 g/mol. The smallest absolute Gasteiger partial charge is 0.227 e. The number of rotatable bonds is 6. The summed E-state index contributed by atoms with van der Waals surface area (Å²) in [5, 5.41) is 3.19. The number of hydrogen-bond acceptors (Lipinski definition) is 5. The second-order valence-corrected chi connectivity index (χ2v) is 4.35. The van der Waals surface area contributed by atoms with E-state index < -0.39 is 0 Å². The average Bonchev–Trinajstić information content (AvgIpc) is 2.40. The van der Waals surface area contributed by atoms with Crippen molar-refractivity contribution in [2.45, 2.75) is 26.2 Å². The molecule has 0 aliphatic rings. The van der Waals surface area contributed by atoms with Crippen molar-refractivity contribution in [3.8, 4) is 0 Å². The molecule has 5 nitrogen and oxygen atoms in total. The highest BCUT2D eigenvalue weighted by atomic mass is 15.2. The van der Waals surface area contributed by atoms with Gasteiger partial charge in [0, 0.05) is 13.0 Å². The summed E-state index contributed by atoms with van der Waals surface area (Å²) in [6.45, 7) is 2.86. The molecule has 3 N–H and O–H groups in total. The maximum atomic E-state index is 5.67. The third-order valence-electron chi connectivity index (χ3n) is 2.71. The first kappa shape index (κ1) is 13.3. The van der Waals surface area contributed by atoms with Gasteiger partial charge in [-0.1, -0.05) is 37.3 Å². The van der Waals surface area contributed by atoms with Crippen LogP contribution in [0.5, 0.6) is 0 Å². The Kier molecular flexibility index (Phi) is 4.66. The number of nitrogens with zero attached hydrogens (tertiary/aromatic N) is 3. The summed E-state index contributed by atoms with van der Waals surface area (Å²) >= 11 is 0. The summed E-state index contributed by atoms with van der Waals surface area (Å²) in [6, 6.07) is 10.3. The van der Waals surface area contributed by atoms with E-state index in [1.807, 2.05) is 18.2 Å². The molecule has 0 aliphatic heterocycles. The van der Waals surface area contributed by atoms with Gasteiger partial charge in [-0.25, -0.2) is 0 Å². The van der Waals surface area contributed by atoms with Gasteiger partial charge in [0.2, 0.25) is 11.9 Å². The largest absolute Gasteiger partial charge is 0.368 e. The molecule has 100 valence electrons. The minimum absolute atomic E-state index is 0.278. The predicted octanol–water partition coefficient (Wildman–Crippen LogP) is 2.06. The molecule has 2 rings (SSSR count). The highest BCUT2D eigenvalue weighted by Crippen LogP contribution is 2.05. The Morgan fingerprint density at radius 3 is 2.58 bits per heavy atom. The highest BCUT2D eigenvalue weighted by molar-refractivity contribution is 5.31. The van der Waals surface area contributed by atoms with Crippen LogP contribution in [0.15, 0.2) is 30.3 Å². The van der Waals surface area contributed by atoms with Crippen molar-refractivity contribution in [1.82, 2.24) is 15.0 Å². The number of aromatic nitrogens is 3. The van der Waals surface area contributed by atoms with Crippen molar-refractivity contribution >= 4 is 11.9 Å². The molecule has 0 radical (unpaired) electrons. The number of aryl methyl sites for hydroxylation is 1. The van der Waals surface area contributed by atoms with Crippen LogP contribution in [0.2, 0.25) is 0 Å². The summed E-state index contributed by atoms with van der Waals surface area (Å²) in [5.41, 5.74) is 6.95. The third kappa shape index (κ3) is 4.21. The lowest BCUT2D eigenvalue weighted by molar-refractivity contribution is 0.819. The Morgan fingerprint density at radius 2 is 1.84 bits per heavy atom. The van der Waals surface area contributed by atoms with E-state index in [0.29, 0.717) is 5.95 Å². The van der Waals surface area contributed by atoms with Crippen LogP contribution in [0, 0.1) is 0 Å². The van der Waals surface area contributed by atoms with Gasteiger partial charge in [-0.3, -0.25) is 0 Å². The van der Waals surface area contributed by atoms with E-state index in [-0.39, 0.29) is 5.95 Å². The molecule has 5 heteroatoms. The van der Waals surface area contributed by atoms with E-state index in [0.717, 1.165) is 31.6 Å². The Balaban J connectivity index is 1.92. The van der Waals surface area contributed by atoms with Crippen LogP contribution in [0.25, 0.3) is 0 Å². The lowest BCUT2D eigenvalue weighted by atomic mass is 10.1. The summed E-state index contributed by atoms with van der Waals surface area (Å²) in [5.74, 6) is 1.59. The van der Waals surface area contributed by atoms with Crippen molar-refractivity contribution < 1.29 is 0 Å². The third-order valence-corrected chi connectivity index (χ3v) is 2.71. The number of nitrogens with one attached hydrogen (secondary N) is 1. The summed E-state index contributed by atoms with van der Waals surface area (Å²) in [4.78, 5) is 12.5. The normalized spacial score (nSPS) is 10.4. The van der Waals surface area contributed by atoms with Crippen LogP contribution >= 0.6 is 0 Å². The van der Waals surface area contributed by atoms with E-state index in [4.69, 9.17) is 5.73 Å². The molecule has 0 fully saturated rings. The van der Waals surface area contributed by atoms with Gasteiger partial charge >= 0.3 is 0 Å². The van der Waals surface area contributed by atoms with Crippen molar-refractivity contribution in [3.63, 3.8) is 0 Å². The molecular formula is C14H19N5. The van der Waals surface area contributed by atoms with Gasteiger partial charge in [-0.2, -0.15) is 15.0 Å². The molecule has 1 aromatic carbocycles. The maximum absolute atomic E-state index is 5.67. The van der Waals surface area contributed by atoms with Gasteiger partial charge in [-0.15, -0.1) is 0 Å². The van der Waals surface area contributed by atoms with E-state index in [1.165, 1.54) is 5.56 Å². The Morgan fingerprint density at radius 1 is 1.05 bits per heavy atom. The second-order valence-electron chi connectivity index (χ2n) is 4.35. The lowest BCUT2D eigenvalue weighted by Gasteiger charge is -2.07. The van der Waals surface area contributed by atoms with E-state index in [2.05, 4.69) is 39.3 Å². The molecule has 0 aliphatic carbocycles. The number of nitrogens with two attached hydrogens (primary N) is 1. The second kappa shape index (κ2) is 6.68. The summed E-state index contributed by atoms with van der Waals surface area (Å²) in [6.07, 6.45) is 2.74. The zero-order valence-corrected chi connectivity index (χ0v) is 11.1. The van der Waals surface area contributed by atoms with Crippen LogP contribution in [0.3, 0.4) is 0 Å². The van der Waals surface area contributed by atoms with Crippen LogP contribution in [0.1, 0.15) is 24.7 Å². The molecule has 0 amide bonds. The molecule has 1 heterocycles. The van der Waals surface area contributed by atoms with Crippen LogP contribution in [-0.2, 0) is 12.8 Å². The van der Waals surface area contributed by atoms with Crippen molar-refractivity contribution in [3.05, 3.63) is 41.7 Å². The zero-order chi connectivity index (χ0) is 13.5. The van der Waals surface area contributed by atoms with Crippen LogP contribution in [0.4, 0.5) is 11.9 Å². The van der Waals surface area contributed by atoms with Crippen molar-refractivity contribution in [2.24, 2.45) is 0 Å². The Bertz CT molecular complexity index is 512. The molecular weight excluding hydrogens is 238 g/mol. The van der Waals surface area contributed by atoms with Gasteiger partial charge in [-0.05, 0) is 18.4 Å². The number of hydrogen-bond donors (Lipinski definition) is 2. The first-order valence-corrected chi connectivity index (χ1v) is 6.56. The first-order chi connectivity index (χ1) is 9.28. The van der Waals surface area contributed by atoms with Gasteiger partial charge in [0.1, 0.15) is 5.82 Å². The molecule has 19 heavy (non-hydrogen) atoms. The molecule has 0 bridgehead atoms. The lowest BCUT2D eigenvalue weighted by Crippen LogP contribution is -2.12. The molecule has 0 atom stereocenters. The van der Waals surface area contributed by atoms with Gasteiger partial charge in [0.25, 0.3) is 0 Å². The fourth-order valence-corrected chi connectivity index (χ4v) is 1.82. The fourth-order valence-electron chi connectivity index (χ4n) is 1.82. The summed E-state index contributed by atoms with van der Waals surface area (Å²) < 4.78 is 0. The van der Waals surface area contributed by atoms with E-state index in [1.54, 1.807) is 0 Å². The van der Waals surface area contributed by atoms with Crippen molar-refractivity contribution in [2.75, 3.05) is 17.6 Å². The number of anilines is 2. The van der Waals surface area contributed by atoms with Gasteiger partial charge < -0.3 is 11.1 Å². The fraction of sp³-hybridized carbons (Fsp3) is 0.357. The van der Waals surface area contributed by atoms with Crippen LogP contribution in [-0.4, -0.2) is 21.5 Å². The predicted molar refractivity (Wildman–Crippen MR) is 76.9 cm³/mol.